The summed E-state index contributed by atoms with van der Waals surface area (Å²) >= 11 is 0. The molecule has 0 spiro atoms. The van der Waals surface area contributed by atoms with Crippen molar-refractivity contribution in [2.45, 2.75) is 38.8 Å². The lowest BCUT2D eigenvalue weighted by Gasteiger charge is -2.08. The van der Waals surface area contributed by atoms with E-state index in [4.69, 9.17) is 5.73 Å². The second kappa shape index (κ2) is 8.50. The van der Waals surface area contributed by atoms with E-state index in [0.717, 1.165) is 12.8 Å². The van der Waals surface area contributed by atoms with E-state index < -0.39 is 6.23 Å². The monoisotopic (exact) mass is 202 g/mol. The summed E-state index contributed by atoms with van der Waals surface area (Å²) in [4.78, 5) is 20.7. The maximum Gasteiger partial charge on any atom is 0.294 e. The van der Waals surface area contributed by atoms with E-state index in [-0.39, 0.29) is 5.91 Å². The van der Waals surface area contributed by atoms with Crippen molar-refractivity contribution in [2.24, 2.45) is 5.73 Å². The Hall–Kier alpha value is -1.10. The largest absolute Gasteiger partial charge is 0.449 e. The number of ether oxygens (including phenoxy) is 1. The number of carbonyl (C=O) groups excluding carboxylic acids is 2. The fourth-order valence-electron chi connectivity index (χ4n) is 0.963. The van der Waals surface area contributed by atoms with Gasteiger partial charge in [0, 0.05) is 13.0 Å². The molecule has 0 saturated heterocycles. The molecule has 0 aromatic heterocycles. The van der Waals surface area contributed by atoms with Gasteiger partial charge in [-0.25, -0.2) is 0 Å². The highest BCUT2D eigenvalue weighted by Gasteiger charge is 2.01. The number of unbranched alkanes of at least 4 members (excludes halogenated alkanes) is 1. The molecular formula is C9H18N2O3. The van der Waals surface area contributed by atoms with E-state index in [1.807, 2.05) is 6.92 Å². The van der Waals surface area contributed by atoms with Crippen LogP contribution in [0.2, 0.25) is 0 Å². The maximum absolute atomic E-state index is 10.8. The highest BCUT2D eigenvalue weighted by Crippen LogP contribution is 1.98. The van der Waals surface area contributed by atoms with Crippen molar-refractivity contribution in [2.75, 3.05) is 6.54 Å². The van der Waals surface area contributed by atoms with E-state index in [0.29, 0.717) is 25.9 Å². The molecule has 0 rings (SSSR count). The van der Waals surface area contributed by atoms with Gasteiger partial charge in [-0.2, -0.15) is 0 Å². The van der Waals surface area contributed by atoms with Crippen molar-refractivity contribution in [3.05, 3.63) is 0 Å². The smallest absolute Gasteiger partial charge is 0.294 e. The third-order valence-electron chi connectivity index (χ3n) is 1.79. The first-order chi connectivity index (χ1) is 6.70. The zero-order valence-corrected chi connectivity index (χ0v) is 8.49. The van der Waals surface area contributed by atoms with Gasteiger partial charge in [0.15, 0.2) is 6.23 Å². The summed E-state index contributed by atoms with van der Waals surface area (Å²) in [6.07, 6.45) is 2.30. The van der Waals surface area contributed by atoms with Crippen LogP contribution in [0.25, 0.3) is 0 Å². The maximum atomic E-state index is 10.8. The number of nitrogens with two attached hydrogens (primary N) is 1. The molecule has 0 aliphatic carbocycles. The van der Waals surface area contributed by atoms with Crippen LogP contribution >= 0.6 is 0 Å². The zero-order valence-electron chi connectivity index (χ0n) is 8.49. The Balaban J connectivity index is 3.20. The van der Waals surface area contributed by atoms with E-state index in [2.05, 4.69) is 10.1 Å². The average Bonchev–Trinajstić information content (AvgIpc) is 2.17. The number of carbonyl (C=O) groups is 2. The van der Waals surface area contributed by atoms with Gasteiger partial charge in [-0.15, -0.1) is 0 Å². The molecule has 82 valence electrons. The van der Waals surface area contributed by atoms with Crippen LogP contribution < -0.4 is 11.1 Å². The van der Waals surface area contributed by atoms with Crippen molar-refractivity contribution in [1.82, 2.24) is 5.32 Å². The summed E-state index contributed by atoms with van der Waals surface area (Å²) in [5.41, 5.74) is 5.41. The van der Waals surface area contributed by atoms with Crippen LogP contribution in [0.3, 0.4) is 0 Å². The third-order valence-corrected chi connectivity index (χ3v) is 1.79. The molecule has 0 saturated carbocycles. The van der Waals surface area contributed by atoms with Crippen LogP contribution in [-0.2, 0) is 14.3 Å². The fourth-order valence-corrected chi connectivity index (χ4v) is 0.963. The Labute approximate surface area is 84.0 Å². The first-order valence-corrected chi connectivity index (χ1v) is 4.82. The van der Waals surface area contributed by atoms with Crippen molar-refractivity contribution in [3.8, 4) is 0 Å². The van der Waals surface area contributed by atoms with Crippen molar-refractivity contribution >= 4 is 12.4 Å². The number of hydrogen-bond acceptors (Lipinski definition) is 4. The van der Waals surface area contributed by atoms with E-state index in [9.17, 15) is 9.59 Å². The predicted molar refractivity (Wildman–Crippen MR) is 52.3 cm³/mol. The van der Waals surface area contributed by atoms with Crippen LogP contribution in [0, 0.1) is 0 Å². The van der Waals surface area contributed by atoms with Crippen LogP contribution in [0.5, 0.6) is 0 Å². The van der Waals surface area contributed by atoms with Crippen molar-refractivity contribution in [3.63, 3.8) is 0 Å². The summed E-state index contributed by atoms with van der Waals surface area (Å²) in [5, 5.41) is 2.75. The highest BCUT2D eigenvalue weighted by molar-refractivity contribution is 5.75. The molecule has 0 aromatic carbocycles. The lowest BCUT2D eigenvalue weighted by atomic mass is 10.2. The summed E-state index contributed by atoms with van der Waals surface area (Å²) in [6.45, 7) is 2.81. The predicted octanol–water partition coefficient (Wildman–Crippen LogP) is 0.141. The van der Waals surface area contributed by atoms with Gasteiger partial charge in [-0.1, -0.05) is 6.92 Å². The standard InChI is InChI=1S/C9H18N2O3/c1-2-9(13)11-6-4-3-5-8(10)14-7-12/h7-8H,2-6,10H2,1H3,(H,11,13). The van der Waals surface area contributed by atoms with Crippen LogP contribution in [0.1, 0.15) is 32.6 Å². The molecular weight excluding hydrogens is 184 g/mol. The topological polar surface area (TPSA) is 81.4 Å². The summed E-state index contributed by atoms with van der Waals surface area (Å²) in [5.74, 6) is 0.0541. The van der Waals surface area contributed by atoms with Gasteiger partial charge in [0.25, 0.3) is 6.47 Å². The first-order valence-electron chi connectivity index (χ1n) is 4.82. The average molecular weight is 202 g/mol. The van der Waals surface area contributed by atoms with Crippen LogP contribution in [0.4, 0.5) is 0 Å². The lowest BCUT2D eigenvalue weighted by molar-refractivity contribution is -0.133. The Morgan fingerprint density at radius 3 is 2.86 bits per heavy atom. The van der Waals surface area contributed by atoms with Gasteiger partial charge in [0.05, 0.1) is 0 Å². The Morgan fingerprint density at radius 1 is 1.57 bits per heavy atom. The van der Waals surface area contributed by atoms with Crippen LogP contribution in [0.15, 0.2) is 0 Å². The third kappa shape index (κ3) is 7.54. The van der Waals surface area contributed by atoms with Crippen molar-refractivity contribution < 1.29 is 14.3 Å². The SMILES string of the molecule is CCC(=O)NCCCCC(N)OC=O. The molecule has 0 aliphatic rings. The Bertz CT molecular complexity index is 173. The summed E-state index contributed by atoms with van der Waals surface area (Å²) in [6, 6.07) is 0. The number of rotatable bonds is 8. The van der Waals surface area contributed by atoms with Gasteiger partial charge in [-0.3, -0.25) is 15.3 Å². The van der Waals surface area contributed by atoms with E-state index in [1.165, 1.54) is 0 Å². The molecule has 1 atom stereocenters. The zero-order chi connectivity index (χ0) is 10.8. The lowest BCUT2D eigenvalue weighted by Crippen LogP contribution is -2.25. The molecule has 0 radical (unpaired) electrons. The van der Waals surface area contributed by atoms with Gasteiger partial charge < -0.3 is 10.1 Å². The molecule has 5 nitrogen and oxygen atoms in total. The normalized spacial score (nSPS) is 11.9. The Morgan fingerprint density at radius 2 is 2.29 bits per heavy atom. The first kappa shape index (κ1) is 12.9. The molecule has 1 unspecified atom stereocenters. The minimum atomic E-state index is -0.519. The molecule has 14 heavy (non-hydrogen) atoms. The number of amides is 1. The molecule has 0 fully saturated rings. The number of nitrogens with one attached hydrogen (secondary N) is 1. The molecule has 0 aliphatic heterocycles. The Kier molecular flexibility index (Phi) is 7.83. The van der Waals surface area contributed by atoms with Gasteiger partial charge in [0.1, 0.15) is 0 Å². The minimum Gasteiger partial charge on any atom is -0.449 e. The minimum absolute atomic E-state index is 0.0541. The fraction of sp³-hybridized carbons (Fsp3) is 0.778. The molecule has 0 aromatic rings. The molecule has 5 heteroatoms. The molecule has 1 amide bonds. The van der Waals surface area contributed by atoms with Gasteiger partial charge in [0.2, 0.25) is 5.91 Å². The van der Waals surface area contributed by atoms with Crippen molar-refractivity contribution in [1.29, 1.82) is 0 Å². The van der Waals surface area contributed by atoms with Gasteiger partial charge >= 0.3 is 0 Å². The molecule has 3 N–H and O–H groups in total. The second-order valence-corrected chi connectivity index (χ2v) is 2.97. The van der Waals surface area contributed by atoms with Crippen LogP contribution in [-0.4, -0.2) is 25.2 Å². The summed E-state index contributed by atoms with van der Waals surface area (Å²) in [7, 11) is 0. The van der Waals surface area contributed by atoms with E-state index in [1.54, 1.807) is 0 Å². The molecule has 0 heterocycles. The highest BCUT2D eigenvalue weighted by atomic mass is 16.5. The van der Waals surface area contributed by atoms with Gasteiger partial charge in [-0.05, 0) is 19.3 Å². The van der Waals surface area contributed by atoms with E-state index >= 15 is 0 Å². The second-order valence-electron chi connectivity index (χ2n) is 2.97. The summed E-state index contributed by atoms with van der Waals surface area (Å²) < 4.78 is 4.50. The molecule has 0 bridgehead atoms. The quantitative estimate of drug-likeness (QED) is 0.333. The number of hydrogen-bond donors (Lipinski definition) is 2.